The molecule has 0 aromatic heterocycles. The van der Waals surface area contributed by atoms with E-state index in [1.165, 1.54) is 31.4 Å². The Morgan fingerprint density at radius 2 is 1.90 bits per heavy atom. The van der Waals surface area contributed by atoms with Crippen LogP contribution in [-0.4, -0.2) is 36.9 Å². The predicted octanol–water partition coefficient (Wildman–Crippen LogP) is 5.04. The van der Waals surface area contributed by atoms with Crippen molar-refractivity contribution in [1.29, 1.82) is 0 Å². The number of hydrogen-bond acceptors (Lipinski definition) is 7. The van der Waals surface area contributed by atoms with Gasteiger partial charge in [-0.1, -0.05) is 11.8 Å². The lowest BCUT2D eigenvalue weighted by Gasteiger charge is -2.08. The summed E-state index contributed by atoms with van der Waals surface area (Å²) in [5.41, 5.74) is 1.08. The fourth-order valence-electron chi connectivity index (χ4n) is 2.70. The number of esters is 1. The highest BCUT2D eigenvalue weighted by Gasteiger charge is 2.33. The van der Waals surface area contributed by atoms with Crippen LogP contribution < -0.4 is 9.47 Å². The van der Waals surface area contributed by atoms with Gasteiger partial charge in [0.25, 0.3) is 0 Å². The summed E-state index contributed by atoms with van der Waals surface area (Å²) in [4.78, 5) is 17.3. The molecule has 30 heavy (non-hydrogen) atoms. The lowest BCUT2D eigenvalue weighted by atomic mass is 10.1. The van der Waals surface area contributed by atoms with Crippen molar-refractivity contribution in [3.63, 3.8) is 0 Å². The summed E-state index contributed by atoms with van der Waals surface area (Å²) < 4.78 is 28.9. The number of ether oxygens (including phenoxy) is 3. The zero-order valence-electron chi connectivity index (χ0n) is 16.6. The summed E-state index contributed by atoms with van der Waals surface area (Å²) >= 11 is 1.11. The van der Waals surface area contributed by atoms with Crippen LogP contribution in [-0.2, 0) is 9.53 Å². The summed E-state index contributed by atoms with van der Waals surface area (Å²) in [6.07, 6.45) is 1.69. The molecule has 1 aliphatic rings. The van der Waals surface area contributed by atoms with Crippen molar-refractivity contribution >= 4 is 34.5 Å². The van der Waals surface area contributed by atoms with E-state index in [4.69, 9.17) is 14.2 Å². The Bertz CT molecular complexity index is 1040. The number of aliphatic hydroxyl groups is 1. The van der Waals surface area contributed by atoms with E-state index in [2.05, 4.69) is 4.99 Å². The number of rotatable bonds is 6. The van der Waals surface area contributed by atoms with Gasteiger partial charge in [-0.15, -0.1) is 0 Å². The molecule has 3 rings (SSSR count). The third-order valence-electron chi connectivity index (χ3n) is 4.15. The molecule has 0 aliphatic carbocycles. The smallest absolute Gasteiger partial charge is 0.344 e. The van der Waals surface area contributed by atoms with E-state index in [0.29, 0.717) is 27.7 Å². The fourth-order valence-corrected chi connectivity index (χ4v) is 3.73. The first-order valence-electron chi connectivity index (χ1n) is 9.03. The van der Waals surface area contributed by atoms with Crippen LogP contribution in [0.5, 0.6) is 11.5 Å². The molecule has 8 heteroatoms. The number of halogens is 1. The number of aliphatic hydroxyl groups excluding tert-OH is 1. The van der Waals surface area contributed by atoms with E-state index in [9.17, 15) is 14.3 Å². The van der Waals surface area contributed by atoms with Crippen molar-refractivity contribution < 1.29 is 28.5 Å². The maximum absolute atomic E-state index is 13.2. The minimum atomic E-state index is -0.687. The largest absolute Gasteiger partial charge is 0.506 e. The minimum absolute atomic E-state index is 0.0371. The Balaban J connectivity index is 2.05. The Morgan fingerprint density at radius 3 is 2.53 bits per heavy atom. The first kappa shape index (κ1) is 21.4. The molecule has 2 aromatic carbocycles. The second-order valence-electron chi connectivity index (χ2n) is 6.06. The van der Waals surface area contributed by atoms with Gasteiger partial charge in [-0.3, -0.25) is 0 Å². The van der Waals surface area contributed by atoms with Gasteiger partial charge in [0, 0.05) is 11.6 Å². The zero-order chi connectivity index (χ0) is 21.7. The molecule has 1 aliphatic heterocycles. The summed E-state index contributed by atoms with van der Waals surface area (Å²) in [5.74, 6) is -0.157. The molecule has 0 amide bonds. The zero-order valence-corrected chi connectivity index (χ0v) is 17.5. The van der Waals surface area contributed by atoms with E-state index in [1.807, 2.05) is 0 Å². The van der Waals surface area contributed by atoms with E-state index < -0.39 is 11.8 Å². The SMILES string of the molecule is CCOC(=O)C1=C(O)C(=Cc2ccc(OC)cc2OC)SC1=Nc1ccc(F)cc1. The van der Waals surface area contributed by atoms with Crippen LogP contribution >= 0.6 is 11.8 Å². The van der Waals surface area contributed by atoms with Gasteiger partial charge < -0.3 is 19.3 Å². The number of thioether (sulfide) groups is 1. The fraction of sp³-hybridized carbons (Fsp3) is 0.182. The molecule has 1 N–H and O–H groups in total. The normalized spacial score (nSPS) is 16.3. The van der Waals surface area contributed by atoms with Crippen LogP contribution in [0.15, 0.2) is 63.7 Å². The molecule has 0 atom stereocenters. The molecule has 1 heterocycles. The molecule has 156 valence electrons. The van der Waals surface area contributed by atoms with Crippen LogP contribution in [0.3, 0.4) is 0 Å². The average Bonchev–Trinajstić information content (AvgIpc) is 3.05. The first-order chi connectivity index (χ1) is 14.5. The van der Waals surface area contributed by atoms with Crippen LogP contribution in [0.25, 0.3) is 6.08 Å². The van der Waals surface area contributed by atoms with Crippen molar-refractivity contribution in [3.05, 3.63) is 70.1 Å². The number of benzene rings is 2. The molecule has 0 saturated heterocycles. The van der Waals surface area contributed by atoms with E-state index >= 15 is 0 Å². The summed E-state index contributed by atoms with van der Waals surface area (Å²) in [6, 6.07) is 10.8. The monoisotopic (exact) mass is 429 g/mol. The Labute approximate surface area is 177 Å². The van der Waals surface area contributed by atoms with Gasteiger partial charge in [0.2, 0.25) is 0 Å². The predicted molar refractivity (Wildman–Crippen MR) is 115 cm³/mol. The molecular weight excluding hydrogens is 409 g/mol. The average molecular weight is 429 g/mol. The van der Waals surface area contributed by atoms with Crippen LogP contribution in [0.2, 0.25) is 0 Å². The van der Waals surface area contributed by atoms with Crippen molar-refractivity contribution in [2.24, 2.45) is 4.99 Å². The van der Waals surface area contributed by atoms with Gasteiger partial charge in [0.15, 0.2) is 0 Å². The van der Waals surface area contributed by atoms with Gasteiger partial charge in [0.1, 0.15) is 33.7 Å². The van der Waals surface area contributed by atoms with Crippen LogP contribution in [0, 0.1) is 5.82 Å². The van der Waals surface area contributed by atoms with Crippen LogP contribution in [0.1, 0.15) is 12.5 Å². The second-order valence-corrected chi connectivity index (χ2v) is 7.09. The number of carbonyl (C=O) groups is 1. The summed E-state index contributed by atoms with van der Waals surface area (Å²) in [7, 11) is 3.08. The number of methoxy groups -OCH3 is 2. The lowest BCUT2D eigenvalue weighted by molar-refractivity contribution is -0.138. The summed E-state index contributed by atoms with van der Waals surface area (Å²) in [5, 5.41) is 11.0. The molecule has 0 bridgehead atoms. The standard InChI is InChI=1S/C22H20FNO5S/c1-4-29-22(26)19-20(25)18(11-13-5-10-16(27-2)12-17(13)28-3)30-21(19)24-15-8-6-14(23)7-9-15/h5-12,25H,4H2,1-3H3. The van der Waals surface area contributed by atoms with Crippen molar-refractivity contribution in [3.8, 4) is 11.5 Å². The molecular formula is C22H20FNO5S. The van der Waals surface area contributed by atoms with Gasteiger partial charge in [-0.2, -0.15) is 0 Å². The maximum atomic E-state index is 13.2. The first-order valence-corrected chi connectivity index (χ1v) is 9.85. The van der Waals surface area contributed by atoms with Crippen LogP contribution in [0.4, 0.5) is 10.1 Å². The highest BCUT2D eigenvalue weighted by molar-refractivity contribution is 8.18. The van der Waals surface area contributed by atoms with E-state index in [-0.39, 0.29) is 23.0 Å². The summed E-state index contributed by atoms with van der Waals surface area (Å²) in [6.45, 7) is 1.82. The van der Waals surface area contributed by atoms with Crippen molar-refractivity contribution in [1.82, 2.24) is 0 Å². The highest BCUT2D eigenvalue weighted by Crippen LogP contribution is 2.41. The molecule has 0 unspecified atom stereocenters. The maximum Gasteiger partial charge on any atom is 0.344 e. The second kappa shape index (κ2) is 9.49. The van der Waals surface area contributed by atoms with Gasteiger partial charge in [0.05, 0.1) is 31.4 Å². The highest BCUT2D eigenvalue weighted by atomic mass is 32.2. The molecule has 0 fully saturated rings. The number of nitrogens with zero attached hydrogens (tertiary/aromatic N) is 1. The molecule has 2 aromatic rings. The number of hydrogen-bond donors (Lipinski definition) is 1. The Hall–Kier alpha value is -3.26. The molecule has 0 spiro atoms. The Kier molecular flexibility index (Phi) is 6.79. The van der Waals surface area contributed by atoms with Crippen molar-refractivity contribution in [2.45, 2.75) is 6.92 Å². The van der Waals surface area contributed by atoms with Crippen molar-refractivity contribution in [2.75, 3.05) is 20.8 Å². The lowest BCUT2D eigenvalue weighted by Crippen LogP contribution is -2.12. The number of aliphatic imine (C=N–C) groups is 1. The van der Waals surface area contributed by atoms with E-state index in [1.54, 1.807) is 38.3 Å². The molecule has 6 nitrogen and oxygen atoms in total. The third kappa shape index (κ3) is 4.65. The molecule has 0 radical (unpaired) electrons. The van der Waals surface area contributed by atoms with Gasteiger partial charge in [-0.25, -0.2) is 14.2 Å². The van der Waals surface area contributed by atoms with Gasteiger partial charge >= 0.3 is 5.97 Å². The van der Waals surface area contributed by atoms with E-state index in [0.717, 1.165) is 11.8 Å². The quantitative estimate of drug-likeness (QED) is 0.649. The molecule has 0 saturated carbocycles. The topological polar surface area (TPSA) is 77.4 Å². The van der Waals surface area contributed by atoms with Gasteiger partial charge in [-0.05, 0) is 49.4 Å². The minimum Gasteiger partial charge on any atom is -0.506 e. The Morgan fingerprint density at radius 1 is 1.17 bits per heavy atom. The third-order valence-corrected chi connectivity index (χ3v) is 5.17. The number of carbonyl (C=O) groups excluding carboxylic acids is 1.